The molecule has 108 valence electrons. The predicted octanol–water partition coefficient (Wildman–Crippen LogP) is 3.25. The number of hydrogen-bond acceptors (Lipinski definition) is 2. The van der Waals surface area contributed by atoms with Crippen LogP contribution < -0.4 is 5.32 Å². The van der Waals surface area contributed by atoms with Gasteiger partial charge in [-0.1, -0.05) is 38.5 Å². The van der Waals surface area contributed by atoms with E-state index >= 15 is 0 Å². The number of benzene rings is 1. The van der Waals surface area contributed by atoms with Crippen LogP contribution in [-0.2, 0) is 9.59 Å². The minimum atomic E-state index is -0.861. The summed E-state index contributed by atoms with van der Waals surface area (Å²) in [6, 6.07) is 7.69. The van der Waals surface area contributed by atoms with Crippen molar-refractivity contribution in [1.29, 1.82) is 0 Å². The highest BCUT2D eigenvalue weighted by Gasteiger charge is 2.37. The Kier molecular flexibility index (Phi) is 4.42. The number of anilines is 1. The summed E-state index contributed by atoms with van der Waals surface area (Å²) in [5.74, 6) is -1.66. The van der Waals surface area contributed by atoms with Crippen LogP contribution in [0.5, 0.6) is 0 Å². The molecular formula is C16H21NO3. The van der Waals surface area contributed by atoms with Crippen molar-refractivity contribution in [2.45, 2.75) is 39.0 Å². The molecule has 4 nitrogen and oxygen atoms in total. The van der Waals surface area contributed by atoms with Gasteiger partial charge in [-0.15, -0.1) is 0 Å². The minimum absolute atomic E-state index is 0.164. The molecule has 0 bridgehead atoms. The molecule has 0 aromatic heterocycles. The number of aliphatic carboxylic acids is 1. The summed E-state index contributed by atoms with van der Waals surface area (Å²) >= 11 is 0. The zero-order chi connectivity index (χ0) is 14.7. The molecule has 2 rings (SSSR count). The van der Waals surface area contributed by atoms with Crippen molar-refractivity contribution in [2.24, 2.45) is 11.8 Å². The highest BCUT2D eigenvalue weighted by Crippen LogP contribution is 2.33. The molecule has 1 aromatic rings. The second-order valence-electron chi connectivity index (χ2n) is 5.71. The number of nitrogens with one attached hydrogen (secondary N) is 1. The molecule has 1 saturated carbocycles. The monoisotopic (exact) mass is 275 g/mol. The molecule has 1 fully saturated rings. The molecule has 20 heavy (non-hydrogen) atoms. The third-order valence-electron chi connectivity index (χ3n) is 4.01. The van der Waals surface area contributed by atoms with Crippen LogP contribution in [0.25, 0.3) is 0 Å². The lowest BCUT2D eigenvalue weighted by atomic mass is 9.94. The van der Waals surface area contributed by atoms with E-state index in [-0.39, 0.29) is 5.91 Å². The Balaban J connectivity index is 2.14. The lowest BCUT2D eigenvalue weighted by Gasteiger charge is -2.18. The number of amides is 1. The Hall–Kier alpha value is -1.84. The number of carbonyl (C=O) groups is 2. The van der Waals surface area contributed by atoms with Crippen molar-refractivity contribution in [3.05, 3.63) is 29.8 Å². The molecule has 2 atom stereocenters. The van der Waals surface area contributed by atoms with Gasteiger partial charge in [-0.3, -0.25) is 9.59 Å². The van der Waals surface area contributed by atoms with E-state index in [0.29, 0.717) is 18.8 Å². The maximum Gasteiger partial charge on any atom is 0.307 e. The van der Waals surface area contributed by atoms with E-state index in [2.05, 4.69) is 19.2 Å². The summed E-state index contributed by atoms with van der Waals surface area (Å²) in [5, 5.41) is 12.1. The Morgan fingerprint density at radius 1 is 1.20 bits per heavy atom. The van der Waals surface area contributed by atoms with E-state index in [1.165, 1.54) is 0 Å². The highest BCUT2D eigenvalue weighted by atomic mass is 16.4. The second kappa shape index (κ2) is 6.07. The van der Waals surface area contributed by atoms with Crippen LogP contribution in [0.2, 0.25) is 0 Å². The topological polar surface area (TPSA) is 66.4 Å². The molecule has 0 spiro atoms. The van der Waals surface area contributed by atoms with Crippen molar-refractivity contribution in [2.75, 3.05) is 5.32 Å². The minimum Gasteiger partial charge on any atom is -0.481 e. The van der Waals surface area contributed by atoms with Gasteiger partial charge in [-0.05, 0) is 30.4 Å². The van der Waals surface area contributed by atoms with Crippen molar-refractivity contribution in [3.63, 3.8) is 0 Å². The second-order valence-corrected chi connectivity index (χ2v) is 5.71. The van der Waals surface area contributed by atoms with E-state index in [4.69, 9.17) is 5.11 Å². The number of rotatable bonds is 4. The van der Waals surface area contributed by atoms with Crippen LogP contribution >= 0.6 is 0 Å². The molecule has 0 saturated heterocycles. The molecule has 4 heteroatoms. The van der Waals surface area contributed by atoms with Gasteiger partial charge in [0.2, 0.25) is 5.91 Å². The molecule has 1 aliphatic rings. The van der Waals surface area contributed by atoms with Crippen LogP contribution in [0.15, 0.2) is 24.3 Å². The zero-order valence-electron chi connectivity index (χ0n) is 11.9. The molecule has 1 amide bonds. The van der Waals surface area contributed by atoms with Gasteiger partial charge >= 0.3 is 5.97 Å². The first kappa shape index (κ1) is 14.6. The molecule has 2 N–H and O–H groups in total. The van der Waals surface area contributed by atoms with Crippen LogP contribution in [0.4, 0.5) is 5.69 Å². The Morgan fingerprint density at radius 2 is 1.85 bits per heavy atom. The lowest BCUT2D eigenvalue weighted by molar-refractivity contribution is -0.145. The van der Waals surface area contributed by atoms with Crippen LogP contribution in [0.1, 0.15) is 44.6 Å². The average Bonchev–Trinajstić information content (AvgIpc) is 2.88. The van der Waals surface area contributed by atoms with Crippen molar-refractivity contribution in [3.8, 4) is 0 Å². The van der Waals surface area contributed by atoms with Gasteiger partial charge in [0.1, 0.15) is 0 Å². The van der Waals surface area contributed by atoms with Crippen molar-refractivity contribution >= 4 is 17.6 Å². The summed E-state index contributed by atoms with van der Waals surface area (Å²) in [4.78, 5) is 23.5. The Labute approximate surface area is 119 Å². The van der Waals surface area contributed by atoms with Gasteiger partial charge in [0.15, 0.2) is 0 Å². The zero-order valence-corrected chi connectivity index (χ0v) is 11.9. The lowest BCUT2D eigenvalue weighted by Crippen LogP contribution is -2.30. The third kappa shape index (κ3) is 3.00. The molecule has 1 aliphatic carbocycles. The fourth-order valence-electron chi connectivity index (χ4n) is 2.91. The summed E-state index contributed by atoms with van der Waals surface area (Å²) in [5.41, 5.74) is 1.87. The largest absolute Gasteiger partial charge is 0.481 e. The summed E-state index contributed by atoms with van der Waals surface area (Å²) in [7, 11) is 0. The SMILES string of the molecule is CC(C)c1ccccc1NC(=O)[C@@H]1CCC[C@@H]1C(=O)O. The van der Waals surface area contributed by atoms with Crippen LogP contribution in [0, 0.1) is 11.8 Å². The Morgan fingerprint density at radius 3 is 2.50 bits per heavy atom. The number of para-hydroxylation sites is 1. The van der Waals surface area contributed by atoms with Crippen LogP contribution in [0.3, 0.4) is 0 Å². The number of carboxylic acids is 1. The van der Waals surface area contributed by atoms with Crippen molar-refractivity contribution in [1.82, 2.24) is 0 Å². The maximum atomic E-state index is 12.3. The number of hydrogen-bond donors (Lipinski definition) is 2. The van der Waals surface area contributed by atoms with E-state index in [0.717, 1.165) is 17.7 Å². The van der Waals surface area contributed by atoms with Gasteiger partial charge in [0.25, 0.3) is 0 Å². The van der Waals surface area contributed by atoms with E-state index in [9.17, 15) is 9.59 Å². The Bertz CT molecular complexity index is 510. The third-order valence-corrected chi connectivity index (χ3v) is 4.01. The molecule has 1 aromatic carbocycles. The average molecular weight is 275 g/mol. The first-order valence-electron chi connectivity index (χ1n) is 7.13. The predicted molar refractivity (Wildman–Crippen MR) is 77.6 cm³/mol. The smallest absolute Gasteiger partial charge is 0.307 e. The van der Waals surface area contributed by atoms with Crippen molar-refractivity contribution < 1.29 is 14.7 Å². The van der Waals surface area contributed by atoms with Gasteiger partial charge in [-0.25, -0.2) is 0 Å². The van der Waals surface area contributed by atoms with E-state index in [1.807, 2.05) is 24.3 Å². The molecular weight excluding hydrogens is 254 g/mol. The quantitative estimate of drug-likeness (QED) is 0.886. The molecule has 0 heterocycles. The fraction of sp³-hybridized carbons (Fsp3) is 0.500. The molecule has 0 aliphatic heterocycles. The van der Waals surface area contributed by atoms with Gasteiger partial charge in [0.05, 0.1) is 11.8 Å². The summed E-state index contributed by atoms with van der Waals surface area (Å²) < 4.78 is 0. The van der Waals surface area contributed by atoms with Gasteiger partial charge in [-0.2, -0.15) is 0 Å². The normalized spacial score (nSPS) is 21.9. The fourth-order valence-corrected chi connectivity index (χ4v) is 2.91. The first-order chi connectivity index (χ1) is 9.50. The van der Waals surface area contributed by atoms with E-state index < -0.39 is 17.8 Å². The highest BCUT2D eigenvalue weighted by molar-refractivity contribution is 5.96. The van der Waals surface area contributed by atoms with Crippen LogP contribution in [-0.4, -0.2) is 17.0 Å². The first-order valence-corrected chi connectivity index (χ1v) is 7.13. The number of carboxylic acid groups (broad SMARTS) is 1. The van der Waals surface area contributed by atoms with Gasteiger partial charge < -0.3 is 10.4 Å². The molecule has 0 radical (unpaired) electrons. The maximum absolute atomic E-state index is 12.3. The summed E-state index contributed by atoms with van der Waals surface area (Å²) in [6.45, 7) is 4.14. The van der Waals surface area contributed by atoms with E-state index in [1.54, 1.807) is 0 Å². The summed E-state index contributed by atoms with van der Waals surface area (Å²) in [6.07, 6.45) is 2.06. The number of carbonyl (C=O) groups excluding carboxylic acids is 1. The molecule has 0 unspecified atom stereocenters. The van der Waals surface area contributed by atoms with Gasteiger partial charge in [0, 0.05) is 5.69 Å². The standard InChI is InChI=1S/C16H21NO3/c1-10(2)11-6-3-4-9-14(11)17-15(18)12-7-5-8-13(12)16(19)20/h3-4,6,9-10,12-13H,5,7-8H2,1-2H3,(H,17,18)(H,19,20)/t12-,13+/m1/s1.